The first-order valence-corrected chi connectivity index (χ1v) is 15.7. The molecule has 2 saturated heterocycles. The molecule has 1 spiro atoms. The van der Waals surface area contributed by atoms with Gasteiger partial charge in [-0.05, 0) is 99.0 Å². The van der Waals surface area contributed by atoms with Crippen molar-refractivity contribution in [2.24, 2.45) is 29.1 Å². The summed E-state index contributed by atoms with van der Waals surface area (Å²) < 4.78 is 2.43. The van der Waals surface area contributed by atoms with Crippen molar-refractivity contribution in [1.29, 1.82) is 0 Å². The highest BCUT2D eigenvalue weighted by atomic mass is 15.4. The predicted octanol–water partition coefficient (Wildman–Crippen LogP) is 6.72. The van der Waals surface area contributed by atoms with E-state index >= 15 is 0 Å². The van der Waals surface area contributed by atoms with Crippen molar-refractivity contribution < 1.29 is 0 Å². The lowest BCUT2D eigenvalue weighted by Gasteiger charge is -2.67. The van der Waals surface area contributed by atoms with E-state index in [0.29, 0.717) is 29.6 Å². The third-order valence-corrected chi connectivity index (χ3v) is 13.1. The Balaban J connectivity index is 1.14. The van der Waals surface area contributed by atoms with Crippen LogP contribution in [0.25, 0.3) is 27.6 Å². The van der Waals surface area contributed by atoms with Crippen molar-refractivity contribution in [2.45, 2.75) is 82.0 Å². The van der Waals surface area contributed by atoms with Gasteiger partial charge in [-0.2, -0.15) is 9.97 Å². The van der Waals surface area contributed by atoms with Crippen LogP contribution in [0, 0.1) is 29.1 Å². The maximum Gasteiger partial charge on any atom is 0.229 e. The van der Waals surface area contributed by atoms with Gasteiger partial charge in [0.25, 0.3) is 0 Å². The molecule has 2 aromatic carbocycles. The lowest BCUT2D eigenvalue weighted by Crippen LogP contribution is -2.68. The van der Waals surface area contributed by atoms with Crippen LogP contribution in [0.3, 0.4) is 0 Å². The Bertz CT molecular complexity index is 1650. The summed E-state index contributed by atoms with van der Waals surface area (Å²) in [5, 5.41) is 2.62. The maximum atomic E-state index is 5.54. The van der Waals surface area contributed by atoms with E-state index in [0.717, 1.165) is 35.4 Å². The Morgan fingerprint density at radius 1 is 0.641 bits per heavy atom. The zero-order chi connectivity index (χ0) is 25.0. The monoisotopic (exact) mass is 513 g/mol. The van der Waals surface area contributed by atoms with Crippen LogP contribution in [-0.4, -0.2) is 38.7 Å². The highest BCUT2D eigenvalue weighted by Gasteiger charge is 2.76. The maximum absolute atomic E-state index is 5.54. The first-order chi connectivity index (χ1) is 19.3. The number of fused-ring (bicyclic) bond motifs is 6. The Labute approximate surface area is 229 Å². The lowest BCUT2D eigenvalue weighted by atomic mass is 9.41. The molecule has 9 atom stereocenters. The largest absolute Gasteiger partial charge is 0.350 e. The average Bonchev–Trinajstić information content (AvgIpc) is 3.64. The molecular weight excluding hydrogens is 478 g/mol. The van der Waals surface area contributed by atoms with Gasteiger partial charge in [0.05, 0.1) is 11.0 Å². The molecule has 39 heavy (non-hydrogen) atoms. The second-order valence-electron chi connectivity index (χ2n) is 14.3. The fraction of sp³-hybridized carbons (Fsp3) is 0.529. The molecule has 11 rings (SSSR count). The number of benzene rings is 2. The van der Waals surface area contributed by atoms with Crippen LogP contribution >= 0.6 is 0 Å². The molecule has 0 amide bonds. The van der Waals surface area contributed by atoms with Gasteiger partial charge in [-0.25, -0.2) is 0 Å². The number of nitrogens with zero attached hydrogens (tertiary/aromatic N) is 5. The van der Waals surface area contributed by atoms with E-state index in [-0.39, 0.29) is 0 Å². The normalized spacial score (nSPS) is 40.4. The predicted molar refractivity (Wildman–Crippen MR) is 154 cm³/mol. The summed E-state index contributed by atoms with van der Waals surface area (Å²) in [6.45, 7) is 0. The fourth-order valence-corrected chi connectivity index (χ4v) is 11.7. The molecule has 4 heterocycles. The minimum Gasteiger partial charge on any atom is -0.350 e. The molecule has 5 saturated carbocycles. The van der Waals surface area contributed by atoms with Crippen molar-refractivity contribution in [3.8, 4) is 5.82 Å². The highest BCUT2D eigenvalue weighted by Crippen LogP contribution is 2.77. The van der Waals surface area contributed by atoms with Crippen molar-refractivity contribution in [2.75, 3.05) is 9.80 Å². The molecule has 0 radical (unpaired) electrons. The number of anilines is 2. The first kappa shape index (κ1) is 20.8. The van der Waals surface area contributed by atoms with Crippen molar-refractivity contribution in [3.05, 3.63) is 54.6 Å². The standard InChI is InChI=1S/C34H35N5/c1-3-7-28-26(5-1)27-6-2-4-8-29(27)39(28)32-17-31(38-25-15-21-14-22-16-30(38)34(21,22)18-25)35-33(36-32)37-23-10-9-19-11-24(37)13-20(19)12-23/h1-8,17,19-25,30H,9-16,18H2. The molecule has 9 unspecified atom stereocenters. The van der Waals surface area contributed by atoms with Crippen molar-refractivity contribution >= 4 is 33.6 Å². The molecule has 5 aliphatic carbocycles. The number of aromatic nitrogens is 3. The Morgan fingerprint density at radius 2 is 1.36 bits per heavy atom. The Morgan fingerprint density at radius 3 is 2.15 bits per heavy atom. The van der Waals surface area contributed by atoms with E-state index in [1.807, 2.05) is 0 Å². The summed E-state index contributed by atoms with van der Waals surface area (Å²) in [6, 6.07) is 22.7. The second-order valence-corrected chi connectivity index (χ2v) is 14.3. The van der Waals surface area contributed by atoms with Gasteiger partial charge in [-0.15, -0.1) is 0 Å². The molecule has 7 aliphatic rings. The minimum atomic E-state index is 0.617. The van der Waals surface area contributed by atoms with E-state index in [9.17, 15) is 0 Å². The lowest BCUT2D eigenvalue weighted by molar-refractivity contribution is -0.135. The van der Waals surface area contributed by atoms with Crippen LogP contribution < -0.4 is 9.80 Å². The second kappa shape index (κ2) is 6.79. The molecule has 196 valence electrons. The van der Waals surface area contributed by atoms with Gasteiger partial charge >= 0.3 is 0 Å². The average molecular weight is 514 g/mol. The quantitative estimate of drug-likeness (QED) is 0.305. The van der Waals surface area contributed by atoms with Crippen LogP contribution in [0.2, 0.25) is 0 Å². The SMILES string of the molecule is c1ccc2c(c1)c1ccccc1n2-c1cc(N2C3CC4CC5CC2C45C3)nc(N2C3CCC4CC2CC4C3)n1. The topological polar surface area (TPSA) is 37.2 Å². The Kier molecular flexibility index (Phi) is 3.62. The minimum absolute atomic E-state index is 0.617. The molecule has 2 aliphatic heterocycles. The zero-order valence-corrected chi connectivity index (χ0v) is 22.4. The molecule has 7 fully saturated rings. The van der Waals surface area contributed by atoms with Gasteiger partial charge in [-0.1, -0.05) is 36.4 Å². The molecule has 5 heteroatoms. The number of rotatable bonds is 3. The number of piperidine rings is 2. The third-order valence-electron chi connectivity index (χ3n) is 13.1. The molecule has 2 aromatic heterocycles. The van der Waals surface area contributed by atoms with Gasteiger partial charge in [-0.3, -0.25) is 4.57 Å². The van der Waals surface area contributed by atoms with Gasteiger partial charge < -0.3 is 9.80 Å². The third kappa shape index (κ3) is 2.35. The van der Waals surface area contributed by atoms with Crippen molar-refractivity contribution in [1.82, 2.24) is 14.5 Å². The Hall–Kier alpha value is -3.08. The molecule has 0 N–H and O–H groups in total. The van der Waals surface area contributed by atoms with E-state index < -0.39 is 0 Å². The molecular formula is C34H35N5. The molecule has 5 bridgehead atoms. The highest BCUT2D eigenvalue weighted by molar-refractivity contribution is 6.09. The van der Waals surface area contributed by atoms with E-state index in [1.54, 1.807) is 0 Å². The molecule has 4 aromatic rings. The smallest absolute Gasteiger partial charge is 0.229 e. The zero-order valence-electron chi connectivity index (χ0n) is 22.4. The number of hydrogen-bond donors (Lipinski definition) is 0. The van der Waals surface area contributed by atoms with Gasteiger partial charge in [0, 0.05) is 41.0 Å². The first-order valence-electron chi connectivity index (χ1n) is 15.7. The van der Waals surface area contributed by atoms with Gasteiger partial charge in [0.1, 0.15) is 11.6 Å². The molecule has 5 nitrogen and oxygen atoms in total. The summed E-state index contributed by atoms with van der Waals surface area (Å²) in [7, 11) is 0. The van der Waals surface area contributed by atoms with Crippen LogP contribution in [0.5, 0.6) is 0 Å². The van der Waals surface area contributed by atoms with E-state index in [2.05, 4.69) is 69.0 Å². The fourth-order valence-electron chi connectivity index (χ4n) is 11.7. The number of hydrogen-bond acceptors (Lipinski definition) is 4. The van der Waals surface area contributed by atoms with Crippen LogP contribution in [0.4, 0.5) is 11.8 Å². The summed E-state index contributed by atoms with van der Waals surface area (Å²) in [4.78, 5) is 16.6. The number of para-hydroxylation sites is 2. The van der Waals surface area contributed by atoms with Crippen LogP contribution in [-0.2, 0) is 0 Å². The van der Waals surface area contributed by atoms with E-state index in [1.165, 1.54) is 85.4 Å². The van der Waals surface area contributed by atoms with E-state index in [4.69, 9.17) is 9.97 Å². The van der Waals surface area contributed by atoms with Crippen LogP contribution in [0.1, 0.15) is 57.8 Å². The van der Waals surface area contributed by atoms with Crippen LogP contribution in [0.15, 0.2) is 54.6 Å². The summed E-state index contributed by atoms with van der Waals surface area (Å²) in [6.07, 6.45) is 12.4. The summed E-state index contributed by atoms with van der Waals surface area (Å²) >= 11 is 0. The van der Waals surface area contributed by atoms with Gasteiger partial charge in [0.2, 0.25) is 5.95 Å². The van der Waals surface area contributed by atoms with Crippen molar-refractivity contribution in [3.63, 3.8) is 0 Å². The summed E-state index contributed by atoms with van der Waals surface area (Å²) in [5.74, 6) is 7.15. The summed E-state index contributed by atoms with van der Waals surface area (Å²) in [5.41, 5.74) is 3.13. The van der Waals surface area contributed by atoms with Gasteiger partial charge in [0.15, 0.2) is 0 Å².